The van der Waals surface area contributed by atoms with Crippen LogP contribution in [0, 0.1) is 5.92 Å². The molecule has 0 aliphatic carbocycles. The van der Waals surface area contributed by atoms with E-state index in [0.29, 0.717) is 0 Å². The largest absolute Gasteiger partial charge is 0.372 e. The highest BCUT2D eigenvalue weighted by Crippen LogP contribution is 2.48. The number of anilines is 1. The molecule has 4 nitrogen and oxygen atoms in total. The van der Waals surface area contributed by atoms with Gasteiger partial charge < -0.3 is 9.47 Å². The summed E-state index contributed by atoms with van der Waals surface area (Å²) >= 11 is 9.19. The van der Waals surface area contributed by atoms with Gasteiger partial charge in [-0.15, -0.1) is 45.3 Å². The quantitative estimate of drug-likeness (QED) is 0.0439. The maximum absolute atomic E-state index is 4.98. The zero-order valence-electron chi connectivity index (χ0n) is 40.2. The summed E-state index contributed by atoms with van der Waals surface area (Å²) in [6.07, 6.45) is 27.7. The van der Waals surface area contributed by atoms with Crippen molar-refractivity contribution in [3.8, 4) is 31.3 Å². The third-order valence-corrected chi connectivity index (χ3v) is 19.1. The van der Waals surface area contributed by atoms with Crippen molar-refractivity contribution in [3.05, 3.63) is 65.5 Å². The van der Waals surface area contributed by atoms with Crippen molar-refractivity contribution >= 4 is 104 Å². The molecule has 0 saturated carbocycles. The number of unbranched alkanes of at least 4 members (excludes halogenated alkanes) is 14. The Balaban J connectivity index is 1.00. The zero-order chi connectivity index (χ0) is 45.0. The predicted molar refractivity (Wildman–Crippen MR) is 296 cm³/mol. The molecule has 0 fully saturated rings. The second-order valence-corrected chi connectivity index (χ2v) is 23.6. The normalized spacial score (nSPS) is 12.6. The number of fused-ring (bicyclic) bond motifs is 5. The highest BCUT2D eigenvalue weighted by atomic mass is 32.1. The molecule has 0 radical (unpaired) electrons. The van der Waals surface area contributed by atoms with Crippen molar-refractivity contribution in [1.29, 1.82) is 0 Å². The maximum Gasteiger partial charge on any atom is 0.114 e. The predicted octanol–water partition coefficient (Wildman–Crippen LogP) is 20.1. The van der Waals surface area contributed by atoms with Crippen LogP contribution in [-0.4, -0.2) is 26.4 Å². The van der Waals surface area contributed by atoms with Gasteiger partial charge >= 0.3 is 0 Å². The lowest BCUT2D eigenvalue weighted by molar-refractivity contribution is 0.452. The van der Waals surface area contributed by atoms with Gasteiger partial charge in [0, 0.05) is 65.4 Å². The van der Waals surface area contributed by atoms with Gasteiger partial charge in [-0.05, 0) is 73.6 Å². The number of nitrogens with zero attached hydrogens (tertiary/aromatic N) is 4. The molecular formula is C56H74N4S5. The Morgan fingerprint density at radius 1 is 0.523 bits per heavy atom. The topological polar surface area (TPSA) is 34.0 Å². The van der Waals surface area contributed by atoms with Gasteiger partial charge in [0.2, 0.25) is 0 Å². The molecule has 9 heteroatoms. The van der Waals surface area contributed by atoms with Crippen molar-refractivity contribution in [1.82, 2.24) is 13.3 Å². The molecule has 1 atom stereocenters. The minimum atomic E-state index is 0.781. The van der Waals surface area contributed by atoms with E-state index < -0.39 is 0 Å². The van der Waals surface area contributed by atoms with Crippen LogP contribution in [0.15, 0.2) is 60.7 Å². The Bertz CT molecular complexity index is 2620. The van der Waals surface area contributed by atoms with Gasteiger partial charge in [-0.25, -0.2) is 0 Å². The van der Waals surface area contributed by atoms with Crippen LogP contribution in [0.3, 0.4) is 0 Å². The van der Waals surface area contributed by atoms with E-state index in [9.17, 15) is 0 Å². The van der Waals surface area contributed by atoms with Crippen LogP contribution >= 0.6 is 57.1 Å². The lowest BCUT2D eigenvalue weighted by atomic mass is 9.95. The number of aromatic nitrogens is 3. The lowest BCUT2D eigenvalue weighted by Crippen LogP contribution is -2.25. The molecule has 0 amide bonds. The number of hydrogen-bond acceptors (Lipinski definition) is 8. The van der Waals surface area contributed by atoms with Gasteiger partial charge in [-0.3, -0.25) is 0 Å². The molecule has 0 N–H and O–H groups in total. The first-order valence-corrected chi connectivity index (χ1v) is 29.7. The van der Waals surface area contributed by atoms with E-state index in [1.807, 2.05) is 34.0 Å². The molecule has 1 unspecified atom stereocenters. The standard InChI is InChI=1S/C56H74N4S5/c1-6-11-15-18-20-22-32-59(33-23-21-19-16-12-7-2)42-28-26-41(27-29-42)48-38-51-52(62-48)39-50(63-51)45-31-30-44(53-54(45)58-65-57-53)49-37-47-56(64-49)55-46(60(47)34-24-17-13-8-3)36-43(61-55)35-40(10-5)25-14-9-4/h26-31,36-40H,6-25,32-35H2,1-5H3. The third kappa shape index (κ3) is 11.8. The summed E-state index contributed by atoms with van der Waals surface area (Å²) in [5.74, 6) is 0.781. The highest BCUT2D eigenvalue weighted by Gasteiger charge is 2.22. The summed E-state index contributed by atoms with van der Waals surface area (Å²) in [7, 11) is 0. The summed E-state index contributed by atoms with van der Waals surface area (Å²) in [4.78, 5) is 8.18. The molecule has 0 aliphatic rings. The van der Waals surface area contributed by atoms with Crippen molar-refractivity contribution in [2.75, 3.05) is 18.0 Å². The molecule has 0 spiro atoms. The Hall–Kier alpha value is -3.08. The Kier molecular flexibility index (Phi) is 18.1. The minimum absolute atomic E-state index is 0.781. The van der Waals surface area contributed by atoms with Crippen LogP contribution in [0.4, 0.5) is 5.69 Å². The molecule has 6 aromatic heterocycles. The first kappa shape index (κ1) is 48.4. The number of rotatable bonds is 29. The SMILES string of the molecule is CCCCCCCCN(CCCCCCCC)c1ccc(-c2cc3sc(-c4ccc(-c5cc6c(s5)c5sc(CC(CC)CCCC)cc5n6CCCCCC)c5nsnc45)cc3s2)cc1. The van der Waals surface area contributed by atoms with Crippen LogP contribution in [-0.2, 0) is 13.0 Å². The fourth-order valence-electron chi connectivity index (χ4n) is 9.81. The van der Waals surface area contributed by atoms with Crippen LogP contribution in [0.5, 0.6) is 0 Å². The second-order valence-electron chi connectivity index (χ2n) is 18.7. The van der Waals surface area contributed by atoms with Gasteiger partial charge in [-0.2, -0.15) is 8.75 Å². The van der Waals surface area contributed by atoms with E-state index in [1.165, 1.54) is 226 Å². The van der Waals surface area contributed by atoms with E-state index in [4.69, 9.17) is 8.75 Å². The number of thiophene rings is 4. The average molecular weight is 964 g/mol. The van der Waals surface area contributed by atoms with Crippen LogP contribution in [0.2, 0.25) is 0 Å². The summed E-state index contributed by atoms with van der Waals surface area (Å²) in [6.45, 7) is 15.1. The van der Waals surface area contributed by atoms with E-state index in [0.717, 1.165) is 23.5 Å². The number of aryl methyl sites for hydroxylation is 1. The monoisotopic (exact) mass is 962 g/mol. The van der Waals surface area contributed by atoms with Gasteiger partial charge in [0.25, 0.3) is 0 Å². The summed E-state index contributed by atoms with van der Waals surface area (Å²) < 4.78 is 18.2. The molecule has 0 bridgehead atoms. The summed E-state index contributed by atoms with van der Waals surface area (Å²) in [6, 6.07) is 24.0. The van der Waals surface area contributed by atoms with Crippen molar-refractivity contribution < 1.29 is 0 Å². The van der Waals surface area contributed by atoms with E-state index in [-0.39, 0.29) is 0 Å². The molecule has 2 aromatic carbocycles. The lowest BCUT2D eigenvalue weighted by Gasteiger charge is -2.25. The van der Waals surface area contributed by atoms with E-state index in [2.05, 4.69) is 116 Å². The number of hydrogen-bond donors (Lipinski definition) is 0. The maximum atomic E-state index is 4.98. The van der Waals surface area contributed by atoms with Crippen molar-refractivity contribution in [2.45, 2.75) is 176 Å². The van der Waals surface area contributed by atoms with Gasteiger partial charge in [0.05, 0.1) is 32.2 Å². The van der Waals surface area contributed by atoms with Crippen molar-refractivity contribution in [3.63, 3.8) is 0 Å². The Morgan fingerprint density at radius 2 is 1.06 bits per heavy atom. The Morgan fingerprint density at radius 3 is 1.69 bits per heavy atom. The van der Waals surface area contributed by atoms with E-state index >= 15 is 0 Å². The Labute approximate surface area is 410 Å². The van der Waals surface area contributed by atoms with Gasteiger partial charge in [0.15, 0.2) is 0 Å². The van der Waals surface area contributed by atoms with Crippen molar-refractivity contribution in [2.24, 2.45) is 5.92 Å². The fraction of sp³-hybridized carbons (Fsp3) is 0.536. The van der Waals surface area contributed by atoms with Gasteiger partial charge in [-0.1, -0.05) is 168 Å². The summed E-state index contributed by atoms with van der Waals surface area (Å²) in [5.41, 5.74) is 10.1. The molecule has 0 saturated heterocycles. The zero-order valence-corrected chi connectivity index (χ0v) is 44.2. The molecule has 8 rings (SSSR count). The minimum Gasteiger partial charge on any atom is -0.372 e. The molecule has 65 heavy (non-hydrogen) atoms. The van der Waals surface area contributed by atoms with Crippen LogP contribution < -0.4 is 4.90 Å². The first-order chi connectivity index (χ1) is 32.0. The molecule has 8 aromatic rings. The van der Waals surface area contributed by atoms with E-state index in [1.54, 1.807) is 4.88 Å². The smallest absolute Gasteiger partial charge is 0.114 e. The highest BCUT2D eigenvalue weighted by molar-refractivity contribution is 7.31. The number of benzene rings is 2. The van der Waals surface area contributed by atoms with Gasteiger partial charge in [0.1, 0.15) is 11.0 Å². The van der Waals surface area contributed by atoms with Crippen LogP contribution in [0.1, 0.15) is 168 Å². The molecule has 348 valence electrons. The fourth-order valence-corrected chi connectivity index (χ4v) is 15.4. The molecular weight excluding hydrogens is 889 g/mol. The second kappa shape index (κ2) is 24.3. The third-order valence-electron chi connectivity index (χ3n) is 13.8. The molecule has 0 aliphatic heterocycles. The van der Waals surface area contributed by atoms with Crippen LogP contribution in [0.25, 0.3) is 72.2 Å². The first-order valence-electron chi connectivity index (χ1n) is 25.7. The summed E-state index contributed by atoms with van der Waals surface area (Å²) in [5, 5.41) is 0. The molecule has 6 heterocycles. The average Bonchev–Trinajstić information content (AvgIpc) is 4.19.